The van der Waals surface area contributed by atoms with Gasteiger partial charge < -0.3 is 9.52 Å². The van der Waals surface area contributed by atoms with E-state index in [1.54, 1.807) is 0 Å². The molecule has 0 amide bonds. The summed E-state index contributed by atoms with van der Waals surface area (Å²) in [5, 5.41) is 8.79. The highest BCUT2D eigenvalue weighted by Gasteiger charge is 2.25. The molecule has 0 aliphatic heterocycles. The number of aromatic nitrogens is 1. The minimum atomic E-state index is -0.718. The second-order valence-corrected chi connectivity index (χ2v) is 5.28. The number of aryl methyl sites for hydroxylation is 1. The van der Waals surface area contributed by atoms with E-state index in [9.17, 15) is 4.79 Å². The van der Waals surface area contributed by atoms with Gasteiger partial charge in [-0.15, -0.1) is 0 Å². The third kappa shape index (κ3) is 3.08. The van der Waals surface area contributed by atoms with Crippen molar-refractivity contribution in [2.75, 3.05) is 0 Å². The van der Waals surface area contributed by atoms with Gasteiger partial charge in [-0.3, -0.25) is 4.79 Å². The Balaban J connectivity index is 2.04. The van der Waals surface area contributed by atoms with Gasteiger partial charge in [0, 0.05) is 19.3 Å². The Labute approximate surface area is 101 Å². The van der Waals surface area contributed by atoms with Gasteiger partial charge >= 0.3 is 5.97 Å². The van der Waals surface area contributed by atoms with E-state index in [1.807, 2.05) is 0 Å². The van der Waals surface area contributed by atoms with Gasteiger partial charge in [-0.25, -0.2) is 4.98 Å². The SMILES string of the molecule is CC(C)Cc1nc2c(o1)CCC(CC(=O)O)C2. The van der Waals surface area contributed by atoms with Gasteiger partial charge in [-0.05, 0) is 24.7 Å². The van der Waals surface area contributed by atoms with Crippen LogP contribution >= 0.6 is 0 Å². The lowest BCUT2D eigenvalue weighted by atomic mass is 9.88. The zero-order valence-corrected chi connectivity index (χ0v) is 10.4. The van der Waals surface area contributed by atoms with Crippen molar-refractivity contribution in [3.05, 3.63) is 17.3 Å². The number of nitrogens with zero attached hydrogens (tertiary/aromatic N) is 1. The maximum atomic E-state index is 10.7. The highest BCUT2D eigenvalue weighted by atomic mass is 16.4. The Bertz CT molecular complexity index is 409. The molecule has 94 valence electrons. The molecule has 1 aliphatic rings. The van der Waals surface area contributed by atoms with Crippen molar-refractivity contribution in [3.63, 3.8) is 0 Å². The van der Waals surface area contributed by atoms with Gasteiger partial charge in [0.2, 0.25) is 0 Å². The quantitative estimate of drug-likeness (QED) is 0.873. The third-order valence-electron chi connectivity index (χ3n) is 3.13. The first-order valence-corrected chi connectivity index (χ1v) is 6.24. The number of rotatable bonds is 4. The summed E-state index contributed by atoms with van der Waals surface area (Å²) >= 11 is 0. The molecular formula is C13H19NO3. The monoisotopic (exact) mass is 237 g/mol. The summed E-state index contributed by atoms with van der Waals surface area (Å²) < 4.78 is 5.71. The fourth-order valence-corrected chi connectivity index (χ4v) is 2.36. The van der Waals surface area contributed by atoms with Crippen LogP contribution in [-0.2, 0) is 24.1 Å². The van der Waals surface area contributed by atoms with Gasteiger partial charge in [-0.2, -0.15) is 0 Å². The lowest BCUT2D eigenvalue weighted by Gasteiger charge is -2.17. The van der Waals surface area contributed by atoms with Crippen LogP contribution in [0.15, 0.2) is 4.42 Å². The summed E-state index contributed by atoms with van der Waals surface area (Å²) in [6.45, 7) is 4.27. The molecule has 0 aromatic carbocycles. The number of oxazole rings is 1. The predicted molar refractivity (Wildman–Crippen MR) is 62.8 cm³/mol. The molecule has 17 heavy (non-hydrogen) atoms. The summed E-state index contributed by atoms with van der Waals surface area (Å²) in [4.78, 5) is 15.2. The normalized spacial score (nSPS) is 19.4. The summed E-state index contributed by atoms with van der Waals surface area (Å²) in [5.41, 5.74) is 0.984. The Hall–Kier alpha value is -1.32. The molecule has 1 heterocycles. The summed E-state index contributed by atoms with van der Waals surface area (Å²) in [5.74, 6) is 1.81. The summed E-state index contributed by atoms with van der Waals surface area (Å²) in [6, 6.07) is 0. The Morgan fingerprint density at radius 2 is 2.35 bits per heavy atom. The molecule has 0 bridgehead atoms. The smallest absolute Gasteiger partial charge is 0.303 e. The molecule has 0 radical (unpaired) electrons. The Kier molecular flexibility index (Phi) is 3.50. The minimum absolute atomic E-state index is 0.219. The van der Waals surface area contributed by atoms with Gasteiger partial charge in [0.1, 0.15) is 5.76 Å². The predicted octanol–water partition coefficient (Wildman–Crippen LogP) is 2.45. The number of hydrogen-bond donors (Lipinski definition) is 1. The van der Waals surface area contributed by atoms with Crippen molar-refractivity contribution in [2.45, 2.75) is 46.0 Å². The molecule has 4 heteroatoms. The first-order chi connectivity index (χ1) is 8.04. The molecule has 0 saturated carbocycles. The van der Waals surface area contributed by atoms with E-state index in [4.69, 9.17) is 9.52 Å². The van der Waals surface area contributed by atoms with E-state index in [2.05, 4.69) is 18.8 Å². The Morgan fingerprint density at radius 1 is 1.59 bits per heavy atom. The van der Waals surface area contributed by atoms with E-state index in [1.165, 1.54) is 0 Å². The highest BCUT2D eigenvalue weighted by molar-refractivity contribution is 5.67. The van der Waals surface area contributed by atoms with Crippen molar-refractivity contribution in [1.29, 1.82) is 0 Å². The van der Waals surface area contributed by atoms with E-state index >= 15 is 0 Å². The van der Waals surface area contributed by atoms with Crippen LogP contribution in [0.2, 0.25) is 0 Å². The highest BCUT2D eigenvalue weighted by Crippen LogP contribution is 2.28. The van der Waals surface area contributed by atoms with Crippen LogP contribution in [0.5, 0.6) is 0 Å². The first-order valence-electron chi connectivity index (χ1n) is 6.24. The van der Waals surface area contributed by atoms with Gasteiger partial charge in [0.25, 0.3) is 0 Å². The molecule has 1 unspecified atom stereocenters. The largest absolute Gasteiger partial charge is 0.481 e. The molecule has 1 aliphatic carbocycles. The van der Waals surface area contributed by atoms with Crippen molar-refractivity contribution in [2.24, 2.45) is 11.8 Å². The van der Waals surface area contributed by atoms with Crippen molar-refractivity contribution in [3.8, 4) is 0 Å². The molecule has 4 nitrogen and oxygen atoms in total. The van der Waals surface area contributed by atoms with Crippen molar-refractivity contribution in [1.82, 2.24) is 4.98 Å². The molecule has 1 atom stereocenters. The average Bonchev–Trinajstić information content (AvgIpc) is 2.56. The number of carbonyl (C=O) groups is 1. The zero-order valence-electron chi connectivity index (χ0n) is 10.4. The van der Waals surface area contributed by atoms with Crippen LogP contribution in [0.25, 0.3) is 0 Å². The van der Waals surface area contributed by atoms with Crippen LogP contribution in [0, 0.1) is 11.8 Å². The van der Waals surface area contributed by atoms with E-state index < -0.39 is 5.97 Å². The number of hydrogen-bond acceptors (Lipinski definition) is 3. The zero-order chi connectivity index (χ0) is 12.4. The third-order valence-corrected chi connectivity index (χ3v) is 3.13. The van der Waals surface area contributed by atoms with Crippen LogP contribution < -0.4 is 0 Å². The average molecular weight is 237 g/mol. The first kappa shape index (κ1) is 12.1. The fraction of sp³-hybridized carbons (Fsp3) is 0.692. The molecule has 1 aromatic rings. The standard InChI is InChI=1S/C13H19NO3/c1-8(2)5-12-14-10-6-9(7-13(15)16)3-4-11(10)17-12/h8-9H,3-7H2,1-2H3,(H,15,16). The lowest BCUT2D eigenvalue weighted by Crippen LogP contribution is -2.17. The minimum Gasteiger partial charge on any atom is -0.481 e. The van der Waals surface area contributed by atoms with Crippen LogP contribution in [0.4, 0.5) is 0 Å². The van der Waals surface area contributed by atoms with Crippen LogP contribution in [0.3, 0.4) is 0 Å². The maximum Gasteiger partial charge on any atom is 0.303 e. The van der Waals surface area contributed by atoms with Crippen LogP contribution in [0.1, 0.15) is 44.0 Å². The molecule has 2 rings (SSSR count). The number of aliphatic carboxylic acids is 1. The van der Waals surface area contributed by atoms with E-state index in [0.29, 0.717) is 5.92 Å². The topological polar surface area (TPSA) is 63.3 Å². The van der Waals surface area contributed by atoms with Gasteiger partial charge in [-0.1, -0.05) is 13.8 Å². The maximum absolute atomic E-state index is 10.7. The molecular weight excluding hydrogens is 218 g/mol. The molecule has 1 aromatic heterocycles. The number of carboxylic acid groups (broad SMARTS) is 1. The second kappa shape index (κ2) is 4.90. The molecule has 0 saturated heterocycles. The number of carboxylic acids is 1. The van der Waals surface area contributed by atoms with Crippen LogP contribution in [-0.4, -0.2) is 16.1 Å². The van der Waals surface area contributed by atoms with Crippen molar-refractivity contribution >= 4 is 5.97 Å². The van der Waals surface area contributed by atoms with Gasteiger partial charge in [0.05, 0.1) is 5.69 Å². The fourth-order valence-electron chi connectivity index (χ4n) is 2.36. The van der Waals surface area contributed by atoms with E-state index in [-0.39, 0.29) is 12.3 Å². The number of fused-ring (bicyclic) bond motifs is 1. The lowest BCUT2D eigenvalue weighted by molar-refractivity contribution is -0.138. The second-order valence-electron chi connectivity index (χ2n) is 5.28. The molecule has 0 spiro atoms. The molecule has 1 N–H and O–H groups in total. The Morgan fingerprint density at radius 3 is 3.00 bits per heavy atom. The summed E-state index contributed by atoms with van der Waals surface area (Å²) in [7, 11) is 0. The van der Waals surface area contributed by atoms with Crippen molar-refractivity contribution < 1.29 is 14.3 Å². The van der Waals surface area contributed by atoms with Gasteiger partial charge in [0.15, 0.2) is 5.89 Å². The molecule has 0 fully saturated rings. The van der Waals surface area contributed by atoms with E-state index in [0.717, 1.165) is 43.0 Å². The summed E-state index contributed by atoms with van der Waals surface area (Å²) in [6.07, 6.45) is 3.58.